The summed E-state index contributed by atoms with van der Waals surface area (Å²) in [4.78, 5) is 21.9. The molecule has 0 heterocycles. The largest absolute Gasteiger partial charge is 0.289 e. The minimum Gasteiger partial charge on any atom is -0.289 e. The number of carbonyl (C=O) groups excluding carboxylic acids is 1. The Hall–Kier alpha value is -2.60. The molecule has 2 aromatic rings. The monoisotopic (exact) mass is 323 g/mol. The van der Waals surface area contributed by atoms with Crippen molar-refractivity contribution >= 4 is 29.1 Å². The van der Waals surface area contributed by atoms with E-state index in [4.69, 9.17) is 11.6 Å². The van der Waals surface area contributed by atoms with Gasteiger partial charge in [0, 0.05) is 6.07 Å². The Morgan fingerprint density at radius 2 is 1.82 bits per heavy atom. The number of allylic oxidation sites excluding steroid dienone is 1. The molecule has 0 saturated carbocycles. The molecule has 0 saturated heterocycles. The third kappa shape index (κ3) is 3.35. The predicted octanol–water partition coefficient (Wildman–Crippen LogP) is 4.42. The number of benzene rings is 2. The van der Waals surface area contributed by atoms with E-state index >= 15 is 0 Å². The Labute approximate surface area is 128 Å². The number of hydrogen-bond donors (Lipinski definition) is 0. The summed E-state index contributed by atoms with van der Waals surface area (Å²) in [5, 5.41) is 10.7. The van der Waals surface area contributed by atoms with Gasteiger partial charge in [0.1, 0.15) is 16.7 Å². The first-order chi connectivity index (χ1) is 10.4. The Balaban J connectivity index is 2.31. The van der Waals surface area contributed by atoms with E-state index in [0.29, 0.717) is 5.56 Å². The second-order valence-corrected chi connectivity index (χ2v) is 4.67. The third-order valence-corrected chi connectivity index (χ3v) is 3.12. The number of nitrogens with zero attached hydrogens (tertiary/aromatic N) is 1. The second-order valence-electron chi connectivity index (χ2n) is 4.26. The van der Waals surface area contributed by atoms with E-state index in [-0.39, 0.29) is 10.7 Å². The molecule has 0 N–H and O–H groups in total. The maximum atomic E-state index is 13.4. The molecule has 0 spiro atoms. The molecule has 0 aliphatic rings. The maximum Gasteiger partial charge on any atom is 0.288 e. The van der Waals surface area contributed by atoms with Crippen LogP contribution in [-0.2, 0) is 0 Å². The van der Waals surface area contributed by atoms with Crippen molar-refractivity contribution in [3.05, 3.63) is 80.4 Å². The number of rotatable bonds is 4. The van der Waals surface area contributed by atoms with Gasteiger partial charge in [-0.2, -0.15) is 0 Å². The molecular weight excluding hydrogens is 316 g/mol. The van der Waals surface area contributed by atoms with Crippen molar-refractivity contribution in [2.75, 3.05) is 0 Å². The Morgan fingerprint density at radius 3 is 2.41 bits per heavy atom. The number of nitro groups is 1. The summed E-state index contributed by atoms with van der Waals surface area (Å²) in [6, 6.07) is 6.98. The second kappa shape index (κ2) is 6.44. The normalized spacial score (nSPS) is 10.9. The summed E-state index contributed by atoms with van der Waals surface area (Å²) in [5.74, 6) is -2.83. The molecule has 0 bridgehead atoms. The smallest absolute Gasteiger partial charge is 0.288 e. The van der Waals surface area contributed by atoms with Crippen LogP contribution in [0.4, 0.5) is 14.5 Å². The summed E-state index contributed by atoms with van der Waals surface area (Å²) >= 11 is 5.66. The fourth-order valence-electron chi connectivity index (χ4n) is 1.76. The van der Waals surface area contributed by atoms with Gasteiger partial charge in [0.2, 0.25) is 0 Å². The van der Waals surface area contributed by atoms with Crippen LogP contribution in [0.2, 0.25) is 5.02 Å². The van der Waals surface area contributed by atoms with E-state index in [1.54, 1.807) is 0 Å². The summed E-state index contributed by atoms with van der Waals surface area (Å²) in [5.41, 5.74) is -0.697. The highest BCUT2D eigenvalue weighted by molar-refractivity contribution is 6.32. The fraction of sp³-hybridized carbons (Fsp3) is 0. The van der Waals surface area contributed by atoms with E-state index in [1.165, 1.54) is 18.2 Å². The van der Waals surface area contributed by atoms with E-state index in [9.17, 15) is 23.7 Å². The van der Waals surface area contributed by atoms with Crippen molar-refractivity contribution in [1.82, 2.24) is 0 Å². The standard InChI is InChI=1S/C15H8ClF2NO3/c16-10-6-4-9(8-13(10)19(21)22)5-7-14(20)15-11(17)2-1-3-12(15)18/h1-8H/b7-5+. The average molecular weight is 324 g/mol. The number of nitro benzene ring substituents is 1. The summed E-state index contributed by atoms with van der Waals surface area (Å²) in [7, 11) is 0. The van der Waals surface area contributed by atoms with Crippen LogP contribution in [0.3, 0.4) is 0 Å². The van der Waals surface area contributed by atoms with Crippen LogP contribution in [-0.4, -0.2) is 10.7 Å². The van der Waals surface area contributed by atoms with Gasteiger partial charge in [0.05, 0.1) is 10.5 Å². The van der Waals surface area contributed by atoms with Crippen LogP contribution in [0.15, 0.2) is 42.5 Å². The summed E-state index contributed by atoms with van der Waals surface area (Å²) in [6.07, 6.45) is 2.16. The molecular formula is C15H8ClF2NO3. The lowest BCUT2D eigenvalue weighted by Crippen LogP contribution is -2.02. The molecule has 0 aromatic heterocycles. The van der Waals surface area contributed by atoms with Crippen molar-refractivity contribution in [1.29, 1.82) is 0 Å². The minimum atomic E-state index is -0.975. The number of halogens is 3. The van der Waals surface area contributed by atoms with Crippen molar-refractivity contribution in [2.45, 2.75) is 0 Å². The number of ketones is 1. The van der Waals surface area contributed by atoms with Crippen molar-refractivity contribution < 1.29 is 18.5 Å². The lowest BCUT2D eigenvalue weighted by Gasteiger charge is -2.00. The maximum absolute atomic E-state index is 13.4. The minimum absolute atomic E-state index is 0.0476. The van der Waals surface area contributed by atoms with Gasteiger partial charge in [-0.1, -0.05) is 29.8 Å². The van der Waals surface area contributed by atoms with Crippen LogP contribution in [0.25, 0.3) is 6.08 Å². The molecule has 0 aliphatic heterocycles. The first kappa shape index (κ1) is 15.8. The van der Waals surface area contributed by atoms with E-state index in [0.717, 1.165) is 30.3 Å². The van der Waals surface area contributed by atoms with Gasteiger partial charge in [0.15, 0.2) is 5.78 Å². The molecule has 0 aliphatic carbocycles. The van der Waals surface area contributed by atoms with Crippen molar-refractivity contribution in [2.24, 2.45) is 0 Å². The SMILES string of the molecule is O=C(/C=C/c1ccc(Cl)c([N+](=O)[O-])c1)c1c(F)cccc1F. The highest BCUT2D eigenvalue weighted by Crippen LogP contribution is 2.25. The van der Waals surface area contributed by atoms with Crippen LogP contribution < -0.4 is 0 Å². The Bertz CT molecular complexity index is 770. The third-order valence-electron chi connectivity index (χ3n) is 2.80. The predicted molar refractivity (Wildman–Crippen MR) is 77.8 cm³/mol. The zero-order valence-electron chi connectivity index (χ0n) is 10.9. The van der Waals surface area contributed by atoms with Gasteiger partial charge in [-0.3, -0.25) is 14.9 Å². The first-order valence-electron chi connectivity index (χ1n) is 6.00. The topological polar surface area (TPSA) is 60.2 Å². The quantitative estimate of drug-likeness (QED) is 0.362. The van der Waals surface area contributed by atoms with E-state index in [2.05, 4.69) is 0 Å². The van der Waals surface area contributed by atoms with Gasteiger partial charge in [-0.15, -0.1) is 0 Å². The van der Waals surface area contributed by atoms with Crippen LogP contribution in [0.5, 0.6) is 0 Å². The molecule has 0 amide bonds. The van der Waals surface area contributed by atoms with Gasteiger partial charge >= 0.3 is 0 Å². The molecule has 0 unspecified atom stereocenters. The lowest BCUT2D eigenvalue weighted by molar-refractivity contribution is -0.384. The van der Waals surface area contributed by atoms with E-state index < -0.39 is 27.9 Å². The van der Waals surface area contributed by atoms with Crippen LogP contribution in [0, 0.1) is 21.7 Å². The van der Waals surface area contributed by atoms with Crippen LogP contribution >= 0.6 is 11.6 Å². The molecule has 2 aromatic carbocycles. The Morgan fingerprint density at radius 1 is 1.18 bits per heavy atom. The molecule has 0 fully saturated rings. The van der Waals surface area contributed by atoms with E-state index in [1.807, 2.05) is 0 Å². The zero-order valence-corrected chi connectivity index (χ0v) is 11.7. The van der Waals surface area contributed by atoms with Gasteiger partial charge in [-0.25, -0.2) is 8.78 Å². The van der Waals surface area contributed by atoms with Gasteiger partial charge in [-0.05, 0) is 29.8 Å². The molecule has 4 nitrogen and oxygen atoms in total. The molecule has 7 heteroatoms. The molecule has 112 valence electrons. The van der Waals surface area contributed by atoms with Gasteiger partial charge < -0.3 is 0 Å². The number of carbonyl (C=O) groups is 1. The zero-order chi connectivity index (χ0) is 16.3. The Kier molecular flexibility index (Phi) is 4.62. The molecule has 2 rings (SSSR count). The van der Waals surface area contributed by atoms with Crippen molar-refractivity contribution in [3.63, 3.8) is 0 Å². The van der Waals surface area contributed by atoms with Crippen LogP contribution in [0.1, 0.15) is 15.9 Å². The highest BCUT2D eigenvalue weighted by Gasteiger charge is 2.15. The average Bonchev–Trinajstić information content (AvgIpc) is 2.46. The number of hydrogen-bond acceptors (Lipinski definition) is 3. The highest BCUT2D eigenvalue weighted by atomic mass is 35.5. The first-order valence-corrected chi connectivity index (χ1v) is 6.38. The van der Waals surface area contributed by atoms with Crippen molar-refractivity contribution in [3.8, 4) is 0 Å². The molecule has 0 radical (unpaired) electrons. The van der Waals surface area contributed by atoms with Gasteiger partial charge in [0.25, 0.3) is 5.69 Å². The lowest BCUT2D eigenvalue weighted by atomic mass is 10.1. The molecule has 0 atom stereocenters. The molecule has 22 heavy (non-hydrogen) atoms. The summed E-state index contributed by atoms with van der Waals surface area (Å²) in [6.45, 7) is 0. The fourth-order valence-corrected chi connectivity index (χ4v) is 1.95. The summed E-state index contributed by atoms with van der Waals surface area (Å²) < 4.78 is 26.9.